The number of nitrogens with zero attached hydrogens (tertiary/aromatic N) is 3. The number of aryl methyl sites for hydroxylation is 1. The molecular formula is C12H14N4. The van der Waals surface area contributed by atoms with Crippen LogP contribution in [0.4, 0.5) is 5.82 Å². The van der Waals surface area contributed by atoms with Crippen molar-refractivity contribution in [1.82, 2.24) is 15.0 Å². The summed E-state index contributed by atoms with van der Waals surface area (Å²) in [6, 6.07) is 8.25. The molecule has 1 aliphatic carbocycles. The Morgan fingerprint density at radius 3 is 2.56 bits per heavy atom. The van der Waals surface area contributed by atoms with E-state index >= 15 is 0 Å². The highest BCUT2D eigenvalue weighted by molar-refractivity contribution is 5.44. The molecule has 1 aliphatic rings. The van der Waals surface area contributed by atoms with E-state index in [9.17, 15) is 0 Å². The Bertz CT molecular complexity index is 508. The average molecular weight is 214 g/mol. The summed E-state index contributed by atoms with van der Waals surface area (Å²) in [5.41, 5.74) is 9.21. The summed E-state index contributed by atoms with van der Waals surface area (Å²) >= 11 is 0. The summed E-state index contributed by atoms with van der Waals surface area (Å²) in [5, 5.41) is 8.09. The number of nitrogen functional groups attached to an aromatic ring is 1. The highest BCUT2D eigenvalue weighted by Crippen LogP contribution is 2.42. The molecule has 0 amide bonds. The number of benzene rings is 1. The van der Waals surface area contributed by atoms with Gasteiger partial charge in [0.05, 0.1) is 11.4 Å². The number of rotatable bonds is 2. The van der Waals surface area contributed by atoms with E-state index in [2.05, 4.69) is 41.5 Å². The predicted octanol–water partition coefficient (Wildman–Crippen LogP) is 2.04. The predicted molar refractivity (Wildman–Crippen MR) is 62.5 cm³/mol. The third-order valence-electron chi connectivity index (χ3n) is 2.98. The second-order valence-electron chi connectivity index (χ2n) is 4.38. The van der Waals surface area contributed by atoms with Crippen LogP contribution in [0.3, 0.4) is 0 Å². The van der Waals surface area contributed by atoms with E-state index in [0.29, 0.717) is 11.7 Å². The van der Waals surface area contributed by atoms with Gasteiger partial charge >= 0.3 is 0 Å². The molecule has 0 radical (unpaired) electrons. The van der Waals surface area contributed by atoms with Gasteiger partial charge in [-0.25, -0.2) is 4.68 Å². The summed E-state index contributed by atoms with van der Waals surface area (Å²) in [7, 11) is 0. The van der Waals surface area contributed by atoms with Gasteiger partial charge in [0.2, 0.25) is 0 Å². The van der Waals surface area contributed by atoms with E-state index in [1.807, 2.05) is 4.68 Å². The van der Waals surface area contributed by atoms with Crippen molar-refractivity contribution >= 4 is 5.82 Å². The summed E-state index contributed by atoms with van der Waals surface area (Å²) in [4.78, 5) is 0. The van der Waals surface area contributed by atoms with Crippen LogP contribution in [0.2, 0.25) is 0 Å². The summed E-state index contributed by atoms with van der Waals surface area (Å²) in [6.45, 7) is 2.07. The summed E-state index contributed by atoms with van der Waals surface area (Å²) in [5.74, 6) is 1.12. The molecule has 1 heterocycles. The molecule has 3 rings (SSSR count). The lowest BCUT2D eigenvalue weighted by Crippen LogP contribution is -2.02. The Labute approximate surface area is 94.1 Å². The molecule has 2 N–H and O–H groups in total. The minimum Gasteiger partial charge on any atom is -0.381 e. The molecule has 0 saturated heterocycles. The number of aromatic nitrogens is 3. The standard InChI is InChI=1S/C12H14N4/c1-8-2-6-10(7-3-8)16-11(9-4-5-9)12(13)14-15-16/h2-3,6-7,9H,4-5,13H2,1H3. The third-order valence-corrected chi connectivity index (χ3v) is 2.98. The van der Waals surface area contributed by atoms with Gasteiger partial charge in [-0.3, -0.25) is 0 Å². The van der Waals surface area contributed by atoms with Gasteiger partial charge < -0.3 is 5.73 Å². The number of anilines is 1. The molecule has 16 heavy (non-hydrogen) atoms. The summed E-state index contributed by atoms with van der Waals surface area (Å²) in [6.07, 6.45) is 2.40. The molecule has 4 heteroatoms. The van der Waals surface area contributed by atoms with Gasteiger partial charge in [0, 0.05) is 5.92 Å². The van der Waals surface area contributed by atoms with Crippen LogP contribution in [-0.2, 0) is 0 Å². The highest BCUT2D eigenvalue weighted by Gasteiger charge is 2.30. The number of hydrogen-bond donors (Lipinski definition) is 1. The summed E-state index contributed by atoms with van der Waals surface area (Å²) < 4.78 is 1.87. The molecule has 2 aromatic rings. The first-order chi connectivity index (χ1) is 7.75. The largest absolute Gasteiger partial charge is 0.381 e. The van der Waals surface area contributed by atoms with Gasteiger partial charge in [0.1, 0.15) is 0 Å². The monoisotopic (exact) mass is 214 g/mol. The van der Waals surface area contributed by atoms with Crippen LogP contribution in [0.5, 0.6) is 0 Å². The zero-order valence-corrected chi connectivity index (χ0v) is 9.22. The van der Waals surface area contributed by atoms with Crippen molar-refractivity contribution in [2.75, 3.05) is 5.73 Å². The van der Waals surface area contributed by atoms with Crippen molar-refractivity contribution in [2.45, 2.75) is 25.7 Å². The maximum Gasteiger partial charge on any atom is 0.169 e. The zero-order valence-electron chi connectivity index (χ0n) is 9.22. The number of hydrogen-bond acceptors (Lipinski definition) is 3. The Morgan fingerprint density at radius 2 is 1.94 bits per heavy atom. The second-order valence-corrected chi connectivity index (χ2v) is 4.38. The van der Waals surface area contributed by atoms with Crippen LogP contribution in [0.25, 0.3) is 5.69 Å². The van der Waals surface area contributed by atoms with Gasteiger partial charge in [-0.05, 0) is 31.9 Å². The normalized spacial score (nSPS) is 15.3. The number of nitrogens with two attached hydrogens (primary N) is 1. The molecule has 0 aliphatic heterocycles. The fraction of sp³-hybridized carbons (Fsp3) is 0.333. The van der Waals surface area contributed by atoms with E-state index in [1.165, 1.54) is 18.4 Å². The lowest BCUT2D eigenvalue weighted by atomic mass is 10.2. The first kappa shape index (κ1) is 9.39. The lowest BCUT2D eigenvalue weighted by molar-refractivity contribution is 0.763. The Balaban J connectivity index is 2.08. The van der Waals surface area contributed by atoms with Crippen molar-refractivity contribution in [2.24, 2.45) is 0 Å². The minimum absolute atomic E-state index is 0.552. The van der Waals surface area contributed by atoms with Crippen LogP contribution in [-0.4, -0.2) is 15.0 Å². The highest BCUT2D eigenvalue weighted by atomic mass is 15.4. The van der Waals surface area contributed by atoms with Gasteiger partial charge in [-0.1, -0.05) is 22.9 Å². The maximum absolute atomic E-state index is 5.86. The van der Waals surface area contributed by atoms with E-state index in [1.54, 1.807) is 0 Å². The van der Waals surface area contributed by atoms with E-state index in [-0.39, 0.29) is 0 Å². The Kier molecular flexibility index (Phi) is 1.96. The fourth-order valence-corrected chi connectivity index (χ4v) is 1.92. The molecular weight excluding hydrogens is 200 g/mol. The average Bonchev–Trinajstić information content (AvgIpc) is 3.04. The first-order valence-electron chi connectivity index (χ1n) is 5.54. The van der Waals surface area contributed by atoms with Crippen molar-refractivity contribution in [3.8, 4) is 5.69 Å². The lowest BCUT2D eigenvalue weighted by Gasteiger charge is -2.05. The van der Waals surface area contributed by atoms with Crippen LogP contribution in [0.1, 0.15) is 30.0 Å². The molecule has 0 bridgehead atoms. The molecule has 4 nitrogen and oxygen atoms in total. The third kappa shape index (κ3) is 1.46. The molecule has 1 aromatic heterocycles. The topological polar surface area (TPSA) is 56.7 Å². The van der Waals surface area contributed by atoms with Gasteiger partial charge in [-0.2, -0.15) is 0 Å². The zero-order chi connectivity index (χ0) is 11.1. The van der Waals surface area contributed by atoms with Gasteiger partial charge in [0.15, 0.2) is 5.82 Å². The maximum atomic E-state index is 5.86. The quantitative estimate of drug-likeness (QED) is 0.832. The Hall–Kier alpha value is -1.84. The van der Waals surface area contributed by atoms with Crippen LogP contribution >= 0.6 is 0 Å². The molecule has 0 unspecified atom stereocenters. The molecule has 1 saturated carbocycles. The fourth-order valence-electron chi connectivity index (χ4n) is 1.92. The van der Waals surface area contributed by atoms with E-state index in [0.717, 1.165) is 11.4 Å². The molecule has 0 atom stereocenters. The van der Waals surface area contributed by atoms with Crippen LogP contribution < -0.4 is 5.73 Å². The van der Waals surface area contributed by atoms with Crippen molar-refractivity contribution in [3.05, 3.63) is 35.5 Å². The smallest absolute Gasteiger partial charge is 0.169 e. The van der Waals surface area contributed by atoms with Crippen molar-refractivity contribution < 1.29 is 0 Å². The van der Waals surface area contributed by atoms with Crippen molar-refractivity contribution in [1.29, 1.82) is 0 Å². The van der Waals surface area contributed by atoms with E-state index in [4.69, 9.17) is 5.73 Å². The van der Waals surface area contributed by atoms with Crippen LogP contribution in [0, 0.1) is 6.92 Å². The van der Waals surface area contributed by atoms with Gasteiger partial charge in [0.25, 0.3) is 0 Å². The SMILES string of the molecule is Cc1ccc(-n2nnc(N)c2C2CC2)cc1. The first-order valence-corrected chi connectivity index (χ1v) is 5.54. The molecule has 82 valence electrons. The molecule has 0 spiro atoms. The molecule has 1 aromatic carbocycles. The van der Waals surface area contributed by atoms with Crippen molar-refractivity contribution in [3.63, 3.8) is 0 Å². The van der Waals surface area contributed by atoms with E-state index < -0.39 is 0 Å². The van der Waals surface area contributed by atoms with Crippen LogP contribution in [0.15, 0.2) is 24.3 Å². The molecule has 1 fully saturated rings. The minimum atomic E-state index is 0.552. The Morgan fingerprint density at radius 1 is 1.25 bits per heavy atom. The van der Waals surface area contributed by atoms with Gasteiger partial charge in [-0.15, -0.1) is 5.10 Å². The second kappa shape index (κ2) is 3.33.